The Kier molecular flexibility index (Phi) is 4.36. The van der Waals surface area contributed by atoms with Gasteiger partial charge < -0.3 is 15.7 Å². The lowest BCUT2D eigenvalue weighted by atomic mass is 10.2. The van der Waals surface area contributed by atoms with E-state index in [1.807, 2.05) is 0 Å². The number of aromatic carboxylic acids is 1. The van der Waals surface area contributed by atoms with Crippen molar-refractivity contribution in [2.75, 3.05) is 7.05 Å². The van der Waals surface area contributed by atoms with E-state index in [4.69, 9.17) is 5.11 Å². The second kappa shape index (κ2) is 5.76. The molecule has 1 aromatic rings. The van der Waals surface area contributed by atoms with Crippen LogP contribution in [-0.4, -0.2) is 41.0 Å². The van der Waals surface area contributed by atoms with Gasteiger partial charge in [-0.1, -0.05) is 6.07 Å². The first-order chi connectivity index (χ1) is 8.45. The van der Waals surface area contributed by atoms with Crippen LogP contribution in [0.3, 0.4) is 0 Å². The Labute approximate surface area is 103 Å². The van der Waals surface area contributed by atoms with Crippen molar-refractivity contribution in [1.29, 1.82) is 0 Å². The lowest BCUT2D eigenvalue weighted by molar-refractivity contribution is -0.122. The Morgan fingerprint density at radius 2 is 1.89 bits per heavy atom. The molecule has 1 heterocycles. The lowest BCUT2D eigenvalue weighted by Gasteiger charge is -2.11. The van der Waals surface area contributed by atoms with E-state index in [0.717, 1.165) is 0 Å². The van der Waals surface area contributed by atoms with E-state index in [0.29, 0.717) is 0 Å². The number of nitrogens with zero attached hydrogens (tertiary/aromatic N) is 1. The number of hydrogen-bond donors (Lipinski definition) is 3. The maximum atomic E-state index is 11.7. The quantitative estimate of drug-likeness (QED) is 0.677. The van der Waals surface area contributed by atoms with Crippen LogP contribution >= 0.6 is 0 Å². The molecule has 0 aromatic carbocycles. The highest BCUT2D eigenvalue weighted by Gasteiger charge is 2.17. The summed E-state index contributed by atoms with van der Waals surface area (Å²) in [6.45, 7) is 1.51. The van der Waals surface area contributed by atoms with Crippen LogP contribution in [0.1, 0.15) is 27.9 Å². The molecule has 0 saturated carbocycles. The largest absolute Gasteiger partial charge is 0.477 e. The number of amides is 2. The summed E-state index contributed by atoms with van der Waals surface area (Å²) in [4.78, 5) is 37.3. The van der Waals surface area contributed by atoms with Gasteiger partial charge in [0.05, 0.1) is 0 Å². The molecule has 0 radical (unpaired) electrons. The molecule has 1 unspecified atom stereocenters. The van der Waals surface area contributed by atoms with E-state index in [1.54, 1.807) is 0 Å². The Morgan fingerprint density at radius 3 is 2.44 bits per heavy atom. The first-order valence-corrected chi connectivity index (χ1v) is 5.18. The SMILES string of the molecule is CNC(=O)C(C)NC(=O)c1cccc(C(=O)O)n1. The number of hydrogen-bond acceptors (Lipinski definition) is 4. The van der Waals surface area contributed by atoms with Gasteiger partial charge in [0, 0.05) is 7.05 Å². The molecule has 0 fully saturated rings. The molecule has 2 amide bonds. The number of nitrogens with one attached hydrogen (secondary N) is 2. The van der Waals surface area contributed by atoms with Gasteiger partial charge >= 0.3 is 5.97 Å². The van der Waals surface area contributed by atoms with Crippen LogP contribution in [0.25, 0.3) is 0 Å². The summed E-state index contributed by atoms with van der Waals surface area (Å²) in [6.07, 6.45) is 0. The van der Waals surface area contributed by atoms with Crippen LogP contribution in [0.4, 0.5) is 0 Å². The van der Waals surface area contributed by atoms with Crippen LogP contribution in [0.5, 0.6) is 0 Å². The lowest BCUT2D eigenvalue weighted by Crippen LogP contribution is -2.43. The topological polar surface area (TPSA) is 108 Å². The van der Waals surface area contributed by atoms with Crippen molar-refractivity contribution in [3.05, 3.63) is 29.6 Å². The molecule has 7 nitrogen and oxygen atoms in total. The van der Waals surface area contributed by atoms with E-state index < -0.39 is 17.9 Å². The predicted octanol–water partition coefficient (Wildman–Crippen LogP) is -0.356. The summed E-state index contributed by atoms with van der Waals surface area (Å²) in [5, 5.41) is 13.5. The maximum absolute atomic E-state index is 11.7. The third-order valence-electron chi connectivity index (χ3n) is 2.19. The second-order valence-electron chi connectivity index (χ2n) is 3.52. The fourth-order valence-corrected chi connectivity index (χ4v) is 1.23. The molecule has 96 valence electrons. The van der Waals surface area contributed by atoms with Gasteiger partial charge in [0.1, 0.15) is 17.4 Å². The first kappa shape index (κ1) is 13.6. The molecule has 0 aliphatic heterocycles. The minimum Gasteiger partial charge on any atom is -0.477 e. The predicted molar refractivity (Wildman–Crippen MR) is 62.2 cm³/mol. The molecule has 0 saturated heterocycles. The third-order valence-corrected chi connectivity index (χ3v) is 2.19. The summed E-state index contributed by atoms with van der Waals surface area (Å²) >= 11 is 0. The number of carboxylic acid groups (broad SMARTS) is 1. The highest BCUT2D eigenvalue weighted by atomic mass is 16.4. The van der Waals surface area contributed by atoms with Gasteiger partial charge in [0.25, 0.3) is 5.91 Å². The fraction of sp³-hybridized carbons (Fsp3) is 0.273. The molecule has 0 spiro atoms. The maximum Gasteiger partial charge on any atom is 0.354 e. The average Bonchev–Trinajstić information content (AvgIpc) is 2.37. The number of rotatable bonds is 4. The molecule has 1 atom stereocenters. The van der Waals surface area contributed by atoms with Gasteiger partial charge in [-0.2, -0.15) is 0 Å². The zero-order valence-electron chi connectivity index (χ0n) is 9.93. The monoisotopic (exact) mass is 251 g/mol. The first-order valence-electron chi connectivity index (χ1n) is 5.18. The van der Waals surface area contributed by atoms with Crippen LogP contribution < -0.4 is 10.6 Å². The summed E-state index contributed by atoms with van der Waals surface area (Å²) in [5.74, 6) is -2.17. The molecule has 1 rings (SSSR count). The zero-order chi connectivity index (χ0) is 13.7. The van der Waals surface area contributed by atoms with Gasteiger partial charge in [0.15, 0.2) is 0 Å². The van der Waals surface area contributed by atoms with Crippen molar-refractivity contribution >= 4 is 17.8 Å². The van der Waals surface area contributed by atoms with Gasteiger partial charge in [-0.05, 0) is 19.1 Å². The van der Waals surface area contributed by atoms with E-state index in [2.05, 4.69) is 15.6 Å². The van der Waals surface area contributed by atoms with Crippen LogP contribution in [0.15, 0.2) is 18.2 Å². The molecular weight excluding hydrogens is 238 g/mol. The van der Waals surface area contributed by atoms with Crippen LogP contribution in [-0.2, 0) is 4.79 Å². The van der Waals surface area contributed by atoms with E-state index >= 15 is 0 Å². The highest BCUT2D eigenvalue weighted by molar-refractivity contribution is 5.97. The number of carboxylic acids is 1. The normalized spacial score (nSPS) is 11.4. The molecule has 0 bridgehead atoms. The molecule has 7 heteroatoms. The van der Waals surface area contributed by atoms with Crippen LogP contribution in [0, 0.1) is 0 Å². The number of likely N-dealkylation sites (N-methyl/N-ethyl adjacent to an activating group) is 1. The summed E-state index contributed by atoms with van der Waals surface area (Å²) in [6, 6.07) is 3.34. The Morgan fingerprint density at radius 1 is 1.28 bits per heavy atom. The van der Waals surface area contributed by atoms with Gasteiger partial charge in [-0.3, -0.25) is 9.59 Å². The van der Waals surface area contributed by atoms with E-state index in [1.165, 1.54) is 32.2 Å². The Hall–Kier alpha value is -2.44. The minimum atomic E-state index is -1.22. The summed E-state index contributed by atoms with van der Waals surface area (Å²) in [7, 11) is 1.45. The minimum absolute atomic E-state index is 0.0503. The zero-order valence-corrected chi connectivity index (χ0v) is 9.93. The Balaban J connectivity index is 2.81. The smallest absolute Gasteiger partial charge is 0.354 e. The number of carbonyl (C=O) groups excluding carboxylic acids is 2. The highest BCUT2D eigenvalue weighted by Crippen LogP contribution is 2.00. The summed E-state index contributed by atoms with van der Waals surface area (Å²) in [5.41, 5.74) is -0.277. The van der Waals surface area contributed by atoms with Crippen molar-refractivity contribution in [1.82, 2.24) is 15.6 Å². The fourth-order valence-electron chi connectivity index (χ4n) is 1.23. The van der Waals surface area contributed by atoms with Gasteiger partial charge in [-0.25, -0.2) is 9.78 Å². The average molecular weight is 251 g/mol. The second-order valence-corrected chi connectivity index (χ2v) is 3.52. The number of carbonyl (C=O) groups is 3. The van der Waals surface area contributed by atoms with Crippen molar-refractivity contribution < 1.29 is 19.5 Å². The third kappa shape index (κ3) is 3.27. The number of aromatic nitrogens is 1. The molecule has 0 aliphatic rings. The number of pyridine rings is 1. The van der Waals surface area contributed by atoms with Crippen molar-refractivity contribution in [3.63, 3.8) is 0 Å². The molecular formula is C11H13N3O4. The van der Waals surface area contributed by atoms with Crippen LogP contribution in [0.2, 0.25) is 0 Å². The van der Waals surface area contributed by atoms with Gasteiger partial charge in [0.2, 0.25) is 5.91 Å². The van der Waals surface area contributed by atoms with Crippen molar-refractivity contribution in [2.45, 2.75) is 13.0 Å². The molecule has 1 aromatic heterocycles. The standard InChI is InChI=1S/C11H13N3O4/c1-6(9(15)12-2)13-10(16)7-4-3-5-8(14-7)11(17)18/h3-6H,1-2H3,(H,12,15)(H,13,16)(H,17,18). The molecule has 18 heavy (non-hydrogen) atoms. The Bertz CT molecular complexity index is 487. The van der Waals surface area contributed by atoms with Crippen molar-refractivity contribution in [2.24, 2.45) is 0 Å². The van der Waals surface area contributed by atoms with E-state index in [9.17, 15) is 14.4 Å². The molecule has 0 aliphatic carbocycles. The summed E-state index contributed by atoms with van der Waals surface area (Å²) < 4.78 is 0. The van der Waals surface area contributed by atoms with Crippen molar-refractivity contribution in [3.8, 4) is 0 Å². The van der Waals surface area contributed by atoms with E-state index in [-0.39, 0.29) is 17.3 Å². The molecule has 3 N–H and O–H groups in total. The van der Waals surface area contributed by atoms with Gasteiger partial charge in [-0.15, -0.1) is 0 Å².